The monoisotopic (exact) mass is 251 g/mol. The predicted molar refractivity (Wildman–Crippen MR) is 62.7 cm³/mol. The number of nitrogens with zero attached hydrogens (tertiary/aromatic N) is 1. The van der Waals surface area contributed by atoms with Crippen LogP contribution in [0.5, 0.6) is 0 Å². The summed E-state index contributed by atoms with van der Waals surface area (Å²) in [5, 5.41) is 8.44. The van der Waals surface area contributed by atoms with Gasteiger partial charge in [0.1, 0.15) is 0 Å². The van der Waals surface area contributed by atoms with Crippen molar-refractivity contribution in [2.75, 3.05) is 18.8 Å². The number of carboxylic acids is 1. The SMILES string of the molecule is CCN(CC(C)C)S(=O)(=O)CCCC(=O)O. The number of aliphatic carboxylic acids is 1. The van der Waals surface area contributed by atoms with Crippen molar-refractivity contribution in [2.45, 2.75) is 33.6 Å². The van der Waals surface area contributed by atoms with Gasteiger partial charge in [-0.1, -0.05) is 20.8 Å². The molecular weight excluding hydrogens is 230 g/mol. The van der Waals surface area contributed by atoms with Crippen LogP contribution < -0.4 is 0 Å². The summed E-state index contributed by atoms with van der Waals surface area (Å²) in [6, 6.07) is 0. The van der Waals surface area contributed by atoms with Gasteiger partial charge in [0.05, 0.1) is 5.75 Å². The summed E-state index contributed by atoms with van der Waals surface area (Å²) in [7, 11) is -3.29. The van der Waals surface area contributed by atoms with Gasteiger partial charge in [-0.3, -0.25) is 4.79 Å². The minimum atomic E-state index is -3.29. The molecule has 0 amide bonds. The molecule has 0 fully saturated rings. The molecule has 0 atom stereocenters. The molecule has 6 heteroatoms. The van der Waals surface area contributed by atoms with E-state index in [0.29, 0.717) is 13.1 Å². The van der Waals surface area contributed by atoms with Gasteiger partial charge in [-0.25, -0.2) is 12.7 Å². The van der Waals surface area contributed by atoms with Crippen molar-refractivity contribution in [1.29, 1.82) is 0 Å². The van der Waals surface area contributed by atoms with Crippen LogP contribution in [0, 0.1) is 5.92 Å². The van der Waals surface area contributed by atoms with Crippen molar-refractivity contribution in [2.24, 2.45) is 5.92 Å². The number of sulfonamides is 1. The highest BCUT2D eigenvalue weighted by Crippen LogP contribution is 2.08. The molecule has 0 aromatic carbocycles. The number of carbonyl (C=O) groups is 1. The van der Waals surface area contributed by atoms with E-state index in [0.717, 1.165) is 0 Å². The molecular formula is C10H21NO4S. The van der Waals surface area contributed by atoms with Crippen LogP contribution >= 0.6 is 0 Å². The Hall–Kier alpha value is -0.620. The van der Waals surface area contributed by atoms with E-state index in [1.54, 1.807) is 6.92 Å². The van der Waals surface area contributed by atoms with Gasteiger partial charge in [-0.05, 0) is 12.3 Å². The van der Waals surface area contributed by atoms with Crippen LogP contribution in [-0.2, 0) is 14.8 Å². The van der Waals surface area contributed by atoms with Crippen molar-refractivity contribution in [3.8, 4) is 0 Å². The zero-order chi connectivity index (χ0) is 12.8. The maximum Gasteiger partial charge on any atom is 0.303 e. The molecule has 0 aromatic heterocycles. The molecule has 5 nitrogen and oxygen atoms in total. The highest BCUT2D eigenvalue weighted by Gasteiger charge is 2.20. The van der Waals surface area contributed by atoms with Crippen molar-refractivity contribution in [1.82, 2.24) is 4.31 Å². The highest BCUT2D eigenvalue weighted by atomic mass is 32.2. The lowest BCUT2D eigenvalue weighted by Gasteiger charge is -2.22. The number of hydrogen-bond acceptors (Lipinski definition) is 3. The van der Waals surface area contributed by atoms with Crippen molar-refractivity contribution in [3.05, 3.63) is 0 Å². The van der Waals surface area contributed by atoms with Crippen LogP contribution in [0.4, 0.5) is 0 Å². The van der Waals surface area contributed by atoms with E-state index in [1.165, 1.54) is 4.31 Å². The Morgan fingerprint density at radius 1 is 1.38 bits per heavy atom. The van der Waals surface area contributed by atoms with Gasteiger partial charge in [0.15, 0.2) is 0 Å². The lowest BCUT2D eigenvalue weighted by molar-refractivity contribution is -0.137. The molecule has 0 heterocycles. The normalized spacial score (nSPS) is 12.3. The molecule has 0 spiro atoms. The van der Waals surface area contributed by atoms with Gasteiger partial charge in [0.2, 0.25) is 10.0 Å². The third kappa shape index (κ3) is 6.07. The van der Waals surface area contributed by atoms with Gasteiger partial charge in [-0.15, -0.1) is 0 Å². The van der Waals surface area contributed by atoms with E-state index < -0.39 is 16.0 Å². The molecule has 0 unspecified atom stereocenters. The first-order chi connectivity index (χ1) is 7.29. The molecule has 16 heavy (non-hydrogen) atoms. The Bertz CT molecular complexity index is 311. The van der Waals surface area contributed by atoms with E-state index in [2.05, 4.69) is 0 Å². The van der Waals surface area contributed by atoms with E-state index >= 15 is 0 Å². The Morgan fingerprint density at radius 3 is 2.31 bits per heavy atom. The third-order valence-corrected chi connectivity index (χ3v) is 4.11. The summed E-state index contributed by atoms with van der Waals surface area (Å²) in [6.45, 7) is 6.63. The first kappa shape index (κ1) is 15.4. The van der Waals surface area contributed by atoms with Gasteiger partial charge >= 0.3 is 5.97 Å². The Morgan fingerprint density at radius 2 is 1.94 bits per heavy atom. The molecule has 0 radical (unpaired) electrons. The molecule has 0 aliphatic rings. The largest absolute Gasteiger partial charge is 0.481 e. The lowest BCUT2D eigenvalue weighted by Crippen LogP contribution is -2.35. The fraction of sp³-hybridized carbons (Fsp3) is 0.900. The second kappa shape index (κ2) is 6.85. The first-order valence-corrected chi connectivity index (χ1v) is 7.10. The molecule has 0 bridgehead atoms. The van der Waals surface area contributed by atoms with E-state index in [-0.39, 0.29) is 24.5 Å². The average molecular weight is 251 g/mol. The summed E-state index contributed by atoms with van der Waals surface area (Å²) in [4.78, 5) is 10.3. The van der Waals surface area contributed by atoms with Crippen LogP contribution in [0.3, 0.4) is 0 Å². The van der Waals surface area contributed by atoms with Crippen LogP contribution in [0.25, 0.3) is 0 Å². The van der Waals surface area contributed by atoms with Crippen LogP contribution in [0.1, 0.15) is 33.6 Å². The second-order valence-corrected chi connectivity index (χ2v) is 6.25. The summed E-state index contributed by atoms with van der Waals surface area (Å²) < 4.78 is 25.0. The molecule has 0 saturated carbocycles. The van der Waals surface area contributed by atoms with Gasteiger partial charge < -0.3 is 5.11 Å². The van der Waals surface area contributed by atoms with Crippen LogP contribution in [-0.4, -0.2) is 42.6 Å². The smallest absolute Gasteiger partial charge is 0.303 e. The van der Waals surface area contributed by atoms with Crippen molar-refractivity contribution < 1.29 is 18.3 Å². The molecule has 0 saturated heterocycles. The van der Waals surface area contributed by atoms with Crippen molar-refractivity contribution >= 4 is 16.0 Å². The zero-order valence-electron chi connectivity index (χ0n) is 10.1. The minimum absolute atomic E-state index is 0.0835. The Kier molecular flexibility index (Phi) is 6.59. The lowest BCUT2D eigenvalue weighted by atomic mass is 10.2. The van der Waals surface area contributed by atoms with Crippen LogP contribution in [0.15, 0.2) is 0 Å². The quantitative estimate of drug-likeness (QED) is 0.702. The fourth-order valence-electron chi connectivity index (χ4n) is 1.38. The van der Waals surface area contributed by atoms with E-state index in [9.17, 15) is 13.2 Å². The summed E-state index contributed by atoms with van der Waals surface area (Å²) >= 11 is 0. The van der Waals surface area contributed by atoms with Crippen LogP contribution in [0.2, 0.25) is 0 Å². The third-order valence-electron chi connectivity index (χ3n) is 2.11. The molecule has 0 rings (SSSR count). The Labute approximate surface area is 97.5 Å². The van der Waals surface area contributed by atoms with Gasteiger partial charge in [0, 0.05) is 19.5 Å². The average Bonchev–Trinajstić information content (AvgIpc) is 2.12. The fourth-order valence-corrected chi connectivity index (χ4v) is 3.07. The molecule has 0 aromatic rings. The highest BCUT2D eigenvalue weighted by molar-refractivity contribution is 7.89. The molecule has 0 aliphatic heterocycles. The first-order valence-electron chi connectivity index (χ1n) is 5.49. The topological polar surface area (TPSA) is 74.7 Å². The standard InChI is InChI=1S/C10H21NO4S/c1-4-11(8-9(2)3)16(14,15)7-5-6-10(12)13/h9H,4-8H2,1-3H3,(H,12,13). The molecule has 0 aliphatic carbocycles. The number of rotatable bonds is 8. The molecule has 1 N–H and O–H groups in total. The van der Waals surface area contributed by atoms with E-state index in [1.807, 2.05) is 13.8 Å². The maximum absolute atomic E-state index is 11.8. The summed E-state index contributed by atoms with van der Waals surface area (Å²) in [5.41, 5.74) is 0. The van der Waals surface area contributed by atoms with Gasteiger partial charge in [-0.2, -0.15) is 0 Å². The van der Waals surface area contributed by atoms with Gasteiger partial charge in [0.25, 0.3) is 0 Å². The summed E-state index contributed by atoms with van der Waals surface area (Å²) in [6.07, 6.45) is 0.0741. The number of carboxylic acid groups (broad SMARTS) is 1. The maximum atomic E-state index is 11.8. The Balaban J connectivity index is 4.32. The predicted octanol–water partition coefficient (Wildman–Crippen LogP) is 1.16. The van der Waals surface area contributed by atoms with E-state index in [4.69, 9.17) is 5.11 Å². The number of hydrogen-bond donors (Lipinski definition) is 1. The second-order valence-electron chi connectivity index (χ2n) is 4.16. The summed E-state index contributed by atoms with van der Waals surface area (Å²) in [5.74, 6) is -0.767. The van der Waals surface area contributed by atoms with Crippen molar-refractivity contribution in [3.63, 3.8) is 0 Å². The zero-order valence-corrected chi connectivity index (χ0v) is 11.0. The minimum Gasteiger partial charge on any atom is -0.481 e. The molecule has 96 valence electrons.